The molecule has 0 amide bonds. The molecule has 4 rings (SSSR count). The van der Waals surface area contributed by atoms with E-state index in [0.29, 0.717) is 22.3 Å². The summed E-state index contributed by atoms with van der Waals surface area (Å²) < 4.78 is 0. The maximum Gasteiger partial charge on any atom is 0.135 e. The number of rotatable bonds is 6. The summed E-state index contributed by atoms with van der Waals surface area (Å²) in [6.07, 6.45) is 0. The van der Waals surface area contributed by atoms with Gasteiger partial charge in [-0.15, -0.1) is 0 Å². The molecule has 0 unspecified atom stereocenters. The van der Waals surface area contributed by atoms with E-state index in [1.165, 1.54) is 0 Å². The van der Waals surface area contributed by atoms with Crippen LogP contribution in [-0.2, 0) is 17.1 Å². The number of nitrogens with zero attached hydrogens (tertiary/aromatic N) is 4. The first kappa shape index (κ1) is 28.5. The second-order valence-electron chi connectivity index (χ2n) is 7.24. The van der Waals surface area contributed by atoms with Crippen molar-refractivity contribution in [3.63, 3.8) is 0 Å². The Morgan fingerprint density at radius 2 is 0.622 bits per heavy atom. The van der Waals surface area contributed by atoms with E-state index in [1.807, 2.05) is 24.3 Å². The van der Waals surface area contributed by atoms with Crippen molar-refractivity contribution in [2.75, 3.05) is 0 Å². The maximum absolute atomic E-state index is 11.0. The Hall–Kier alpha value is -4.72. The molecule has 0 aliphatic rings. The van der Waals surface area contributed by atoms with Gasteiger partial charge in [-0.2, -0.15) is 0 Å². The molecule has 188 valence electrons. The molecular formula is C28H22FeN4O4-2. The normalized spacial score (nSPS) is 12.1. The van der Waals surface area contributed by atoms with Gasteiger partial charge in [0.25, 0.3) is 0 Å². The molecule has 0 saturated carbocycles. The molecule has 0 aromatic heterocycles. The molecule has 0 radical (unpaired) electrons. The summed E-state index contributed by atoms with van der Waals surface area (Å²) in [5, 5.41) is 52.6. The van der Waals surface area contributed by atoms with Gasteiger partial charge in [-0.05, 0) is 0 Å². The van der Waals surface area contributed by atoms with Crippen LogP contribution in [0.15, 0.2) is 142 Å². The van der Waals surface area contributed by atoms with E-state index in [2.05, 4.69) is 20.6 Å². The third kappa shape index (κ3) is 7.63. The van der Waals surface area contributed by atoms with E-state index in [0.717, 1.165) is 0 Å². The van der Waals surface area contributed by atoms with Crippen LogP contribution in [0.25, 0.3) is 0 Å². The molecule has 0 bridgehead atoms. The van der Waals surface area contributed by atoms with Crippen LogP contribution in [-0.4, -0.2) is 33.3 Å². The van der Waals surface area contributed by atoms with E-state index in [1.54, 1.807) is 97.1 Å². The first-order chi connectivity index (χ1) is 17.7. The van der Waals surface area contributed by atoms with Crippen LogP contribution in [0.5, 0.6) is 0 Å². The van der Waals surface area contributed by atoms with Gasteiger partial charge in [-0.25, -0.2) is 0 Å². The molecule has 0 heterocycles. The van der Waals surface area contributed by atoms with Crippen molar-refractivity contribution in [3.05, 3.63) is 154 Å². The van der Waals surface area contributed by atoms with Crippen LogP contribution >= 0.6 is 0 Å². The summed E-state index contributed by atoms with van der Waals surface area (Å²) in [5.41, 5.74) is 3.06. The number of hydrogen-bond acceptors (Lipinski definition) is 8. The van der Waals surface area contributed by atoms with E-state index in [9.17, 15) is 10.4 Å². The van der Waals surface area contributed by atoms with Gasteiger partial charge in [0.05, 0.1) is 11.4 Å². The van der Waals surface area contributed by atoms with Crippen LogP contribution < -0.4 is 0 Å². The van der Waals surface area contributed by atoms with Crippen LogP contribution in [0.3, 0.4) is 0 Å². The Balaban J connectivity index is 0.000000253. The van der Waals surface area contributed by atoms with Crippen molar-refractivity contribution in [2.45, 2.75) is 0 Å². The van der Waals surface area contributed by atoms with Gasteiger partial charge in [0.15, 0.2) is 0 Å². The second kappa shape index (κ2) is 15.3. The standard InChI is InChI=1S/2C14H12N2O2.Fe/c2*17-15-13(11-7-3-1-4-8-11)14(16-18)12-9-5-2-6-10-12;/h2*1-10,17-18H;/p-2/b2*15-13+,16-14+;. The van der Waals surface area contributed by atoms with Crippen molar-refractivity contribution in [1.29, 1.82) is 0 Å². The molecule has 0 saturated heterocycles. The van der Waals surface area contributed by atoms with Crippen molar-refractivity contribution in [3.8, 4) is 0 Å². The first-order valence-electron chi connectivity index (χ1n) is 10.8. The van der Waals surface area contributed by atoms with Crippen LogP contribution in [0.4, 0.5) is 0 Å². The summed E-state index contributed by atoms with van der Waals surface area (Å²) in [6, 6.07) is 35.7. The van der Waals surface area contributed by atoms with Gasteiger partial charge in [0.1, 0.15) is 11.4 Å². The van der Waals surface area contributed by atoms with E-state index in [-0.39, 0.29) is 39.9 Å². The molecule has 9 heteroatoms. The zero-order valence-corrected chi connectivity index (χ0v) is 20.5. The Morgan fingerprint density at radius 1 is 0.405 bits per heavy atom. The number of benzene rings is 4. The number of oxime groups is 2. The SMILES string of the molecule is [Fe].[O-]/N=C(/C(=N/O)c1ccccc1)c1ccccc1.[O-]/N=C(/C(=N/O)c1ccccc1)c1ccccc1. The predicted molar refractivity (Wildman–Crippen MR) is 142 cm³/mol. The molecule has 0 fully saturated rings. The second-order valence-corrected chi connectivity index (χ2v) is 7.24. The Morgan fingerprint density at radius 3 is 0.811 bits per heavy atom. The summed E-state index contributed by atoms with van der Waals surface area (Å²) in [7, 11) is 0. The average molecular weight is 534 g/mol. The van der Waals surface area contributed by atoms with Gasteiger partial charge in [0, 0.05) is 39.3 Å². The third-order valence-electron chi connectivity index (χ3n) is 5.02. The summed E-state index contributed by atoms with van der Waals surface area (Å²) >= 11 is 0. The van der Waals surface area contributed by atoms with Crippen LogP contribution in [0, 0.1) is 10.4 Å². The molecule has 0 aliphatic heterocycles. The fourth-order valence-corrected chi connectivity index (χ4v) is 3.33. The van der Waals surface area contributed by atoms with Crippen LogP contribution in [0.2, 0.25) is 0 Å². The summed E-state index contributed by atoms with van der Waals surface area (Å²) in [5.74, 6) is 0. The van der Waals surface area contributed by atoms with E-state index >= 15 is 0 Å². The monoisotopic (exact) mass is 534 g/mol. The minimum absolute atomic E-state index is 0. The molecule has 0 spiro atoms. The van der Waals surface area contributed by atoms with Crippen LogP contribution in [0.1, 0.15) is 22.3 Å². The third-order valence-corrected chi connectivity index (χ3v) is 5.02. The van der Waals surface area contributed by atoms with Crippen molar-refractivity contribution in [1.82, 2.24) is 0 Å². The minimum Gasteiger partial charge on any atom is -0.791 e. The van der Waals surface area contributed by atoms with Crippen molar-refractivity contribution >= 4 is 22.8 Å². The quantitative estimate of drug-likeness (QED) is 0.142. The van der Waals surface area contributed by atoms with Gasteiger partial charge < -0.3 is 31.1 Å². The molecule has 4 aromatic carbocycles. The fraction of sp³-hybridized carbons (Fsp3) is 0. The zero-order valence-electron chi connectivity index (χ0n) is 19.4. The minimum atomic E-state index is 0. The zero-order chi connectivity index (χ0) is 25.6. The molecular weight excluding hydrogens is 512 g/mol. The van der Waals surface area contributed by atoms with Gasteiger partial charge >= 0.3 is 0 Å². The van der Waals surface area contributed by atoms with Crippen molar-refractivity contribution < 1.29 is 27.5 Å². The number of hydrogen-bond donors (Lipinski definition) is 2. The Bertz CT molecular complexity index is 1130. The topological polar surface area (TPSA) is 136 Å². The molecule has 0 aliphatic carbocycles. The molecule has 37 heavy (non-hydrogen) atoms. The Labute approximate surface area is 224 Å². The molecule has 2 N–H and O–H groups in total. The summed E-state index contributed by atoms with van der Waals surface area (Å²) in [6.45, 7) is 0. The smallest absolute Gasteiger partial charge is 0.135 e. The fourth-order valence-electron chi connectivity index (χ4n) is 3.33. The average Bonchev–Trinajstić information content (AvgIpc) is 2.96. The van der Waals surface area contributed by atoms with Crippen molar-refractivity contribution in [2.24, 2.45) is 20.6 Å². The predicted octanol–water partition coefficient (Wildman–Crippen LogP) is 5.70. The molecule has 4 aromatic rings. The molecule has 0 atom stereocenters. The first-order valence-corrected chi connectivity index (χ1v) is 10.8. The molecule has 8 nitrogen and oxygen atoms in total. The van der Waals surface area contributed by atoms with Gasteiger partial charge in [-0.1, -0.05) is 132 Å². The van der Waals surface area contributed by atoms with Gasteiger partial charge in [-0.3, -0.25) is 0 Å². The van der Waals surface area contributed by atoms with E-state index in [4.69, 9.17) is 10.4 Å². The van der Waals surface area contributed by atoms with Gasteiger partial charge in [0.2, 0.25) is 0 Å². The van der Waals surface area contributed by atoms with E-state index < -0.39 is 0 Å². The maximum atomic E-state index is 11.0. The Kier molecular flexibility index (Phi) is 11.8. The summed E-state index contributed by atoms with van der Waals surface area (Å²) in [4.78, 5) is 0. The largest absolute Gasteiger partial charge is 0.791 e.